The predicted molar refractivity (Wildman–Crippen MR) is 87.9 cm³/mol. The second-order valence-corrected chi connectivity index (χ2v) is 6.27. The lowest BCUT2D eigenvalue weighted by Crippen LogP contribution is -2.52. The van der Waals surface area contributed by atoms with Crippen molar-refractivity contribution in [3.63, 3.8) is 0 Å². The fourth-order valence-corrected chi connectivity index (χ4v) is 2.87. The summed E-state index contributed by atoms with van der Waals surface area (Å²) in [6.07, 6.45) is 4.40. The van der Waals surface area contributed by atoms with Crippen molar-refractivity contribution in [1.82, 2.24) is 20.5 Å². The summed E-state index contributed by atoms with van der Waals surface area (Å²) in [5, 5.41) is 4.64. The Labute approximate surface area is 144 Å². The van der Waals surface area contributed by atoms with Gasteiger partial charge in [-0.1, -0.05) is 6.08 Å². The van der Waals surface area contributed by atoms with Gasteiger partial charge < -0.3 is 10.2 Å². The highest BCUT2D eigenvalue weighted by atomic mass is 19.1. The van der Waals surface area contributed by atoms with Crippen molar-refractivity contribution in [1.29, 1.82) is 0 Å². The molecule has 1 aromatic rings. The number of hydrogen-bond acceptors (Lipinski definition) is 5. The monoisotopic (exact) mass is 346 g/mol. The van der Waals surface area contributed by atoms with Gasteiger partial charge in [0, 0.05) is 37.3 Å². The lowest BCUT2D eigenvalue weighted by Gasteiger charge is -2.22. The van der Waals surface area contributed by atoms with Gasteiger partial charge in [0.15, 0.2) is 0 Å². The third kappa shape index (κ3) is 3.90. The molecule has 0 saturated carbocycles. The van der Waals surface area contributed by atoms with Gasteiger partial charge in [0.1, 0.15) is 17.6 Å². The van der Waals surface area contributed by atoms with Crippen molar-refractivity contribution < 1.29 is 18.8 Å². The van der Waals surface area contributed by atoms with E-state index in [-0.39, 0.29) is 24.4 Å². The summed E-state index contributed by atoms with van der Waals surface area (Å²) >= 11 is 0. The average Bonchev–Trinajstić information content (AvgIpc) is 2.58. The van der Waals surface area contributed by atoms with Gasteiger partial charge in [0.2, 0.25) is 11.8 Å². The Morgan fingerprint density at radius 2 is 2.20 bits per heavy atom. The summed E-state index contributed by atoms with van der Waals surface area (Å²) in [7, 11) is 1.99. The first-order valence-corrected chi connectivity index (χ1v) is 8.12. The van der Waals surface area contributed by atoms with Crippen LogP contribution in [0.25, 0.3) is 5.57 Å². The number of halogens is 1. The molecule has 7 nitrogen and oxygen atoms in total. The summed E-state index contributed by atoms with van der Waals surface area (Å²) in [6.45, 7) is 1.58. The summed E-state index contributed by atoms with van der Waals surface area (Å²) in [4.78, 5) is 41.1. The Morgan fingerprint density at radius 1 is 1.40 bits per heavy atom. The number of likely N-dealkylation sites (N-methyl/N-ethyl adjacent to an activating group) is 1. The summed E-state index contributed by atoms with van der Waals surface area (Å²) < 4.78 is 14.4. The van der Waals surface area contributed by atoms with Crippen LogP contribution < -0.4 is 10.6 Å². The normalized spacial score (nSPS) is 21.5. The second-order valence-electron chi connectivity index (χ2n) is 6.27. The lowest BCUT2D eigenvalue weighted by molar-refractivity contribution is -0.134. The van der Waals surface area contributed by atoms with Crippen molar-refractivity contribution in [3.05, 3.63) is 35.4 Å². The summed E-state index contributed by atoms with van der Waals surface area (Å²) in [5.74, 6) is -2.08. The van der Waals surface area contributed by atoms with E-state index in [9.17, 15) is 18.8 Å². The molecule has 0 bridgehead atoms. The standard InChI is InChI=1S/C17H19FN4O3/c1-22-6-4-10(5-7-22)11-9-19-14(8-12(11)18)17(25)20-13-2-3-15(23)21-16(13)24/h4,8-9,13H,2-3,5-7H2,1H3,(H,20,25)(H,21,23,24). The first kappa shape index (κ1) is 17.2. The van der Waals surface area contributed by atoms with Gasteiger partial charge in [0.25, 0.3) is 5.91 Å². The van der Waals surface area contributed by atoms with Crippen molar-refractivity contribution in [2.24, 2.45) is 0 Å². The molecule has 1 saturated heterocycles. The Balaban J connectivity index is 1.71. The van der Waals surface area contributed by atoms with Gasteiger partial charge in [-0.3, -0.25) is 24.7 Å². The highest BCUT2D eigenvalue weighted by Gasteiger charge is 2.28. The molecule has 0 spiro atoms. The number of hydrogen-bond donors (Lipinski definition) is 2. The van der Waals surface area contributed by atoms with Crippen LogP contribution in [0.1, 0.15) is 35.3 Å². The number of aromatic nitrogens is 1. The van der Waals surface area contributed by atoms with E-state index < -0.39 is 23.7 Å². The molecule has 3 rings (SSSR count). The van der Waals surface area contributed by atoms with Crippen LogP contribution in [-0.4, -0.2) is 53.8 Å². The van der Waals surface area contributed by atoms with Crippen LogP contribution in [0.4, 0.5) is 4.39 Å². The molecule has 2 N–H and O–H groups in total. The molecule has 3 amide bonds. The number of pyridine rings is 1. The molecule has 1 fully saturated rings. The van der Waals surface area contributed by atoms with Crippen molar-refractivity contribution in [3.8, 4) is 0 Å². The number of nitrogens with zero attached hydrogens (tertiary/aromatic N) is 2. The molecule has 3 heterocycles. The first-order valence-electron chi connectivity index (χ1n) is 8.12. The third-order valence-corrected chi connectivity index (χ3v) is 4.39. The number of rotatable bonds is 3. The van der Waals surface area contributed by atoms with Crippen LogP contribution >= 0.6 is 0 Å². The molecule has 8 heteroatoms. The van der Waals surface area contributed by atoms with Crippen LogP contribution in [0, 0.1) is 5.82 Å². The number of carbonyl (C=O) groups is 3. The van der Waals surface area contributed by atoms with E-state index in [1.165, 1.54) is 6.20 Å². The molecule has 0 radical (unpaired) electrons. The minimum atomic E-state index is -0.814. The SMILES string of the molecule is CN1CC=C(c2cnc(C(=O)NC3CCC(=O)NC3=O)cc2F)CC1. The Kier molecular flexibility index (Phi) is 4.89. The van der Waals surface area contributed by atoms with Crippen LogP contribution in [0.3, 0.4) is 0 Å². The van der Waals surface area contributed by atoms with E-state index >= 15 is 0 Å². The number of carbonyl (C=O) groups excluding carboxylic acids is 3. The van der Waals surface area contributed by atoms with E-state index in [2.05, 4.69) is 20.5 Å². The number of piperidine rings is 1. The summed E-state index contributed by atoms with van der Waals surface area (Å²) in [5.41, 5.74) is 1.17. The Hall–Kier alpha value is -2.61. The van der Waals surface area contributed by atoms with Crippen LogP contribution in [0.5, 0.6) is 0 Å². The van der Waals surface area contributed by atoms with E-state index in [1.807, 2.05) is 13.1 Å². The quantitative estimate of drug-likeness (QED) is 0.777. The highest BCUT2D eigenvalue weighted by molar-refractivity contribution is 6.03. The molecule has 2 aliphatic heterocycles. The summed E-state index contributed by atoms with van der Waals surface area (Å²) in [6, 6.07) is 0.265. The van der Waals surface area contributed by atoms with Crippen molar-refractivity contribution in [2.75, 3.05) is 20.1 Å². The van der Waals surface area contributed by atoms with Crippen molar-refractivity contribution in [2.45, 2.75) is 25.3 Å². The molecule has 1 atom stereocenters. The minimum absolute atomic E-state index is 0.0977. The minimum Gasteiger partial charge on any atom is -0.339 e. The molecule has 1 unspecified atom stereocenters. The molecular formula is C17H19FN4O3. The maximum absolute atomic E-state index is 14.4. The highest BCUT2D eigenvalue weighted by Crippen LogP contribution is 2.24. The zero-order chi connectivity index (χ0) is 18.0. The van der Waals surface area contributed by atoms with E-state index in [1.54, 1.807) is 0 Å². The van der Waals surface area contributed by atoms with Gasteiger partial charge in [-0.2, -0.15) is 0 Å². The largest absolute Gasteiger partial charge is 0.339 e. The Bertz CT molecular complexity index is 762. The third-order valence-electron chi connectivity index (χ3n) is 4.39. The van der Waals surface area contributed by atoms with E-state index in [0.29, 0.717) is 5.56 Å². The fraction of sp³-hybridized carbons (Fsp3) is 0.412. The van der Waals surface area contributed by atoms with Gasteiger partial charge in [-0.05, 0) is 25.5 Å². The first-order chi connectivity index (χ1) is 11.9. The molecular weight excluding hydrogens is 327 g/mol. The molecule has 132 valence electrons. The lowest BCUT2D eigenvalue weighted by atomic mass is 10.0. The molecule has 25 heavy (non-hydrogen) atoms. The molecule has 0 aromatic carbocycles. The van der Waals surface area contributed by atoms with Gasteiger partial charge in [-0.25, -0.2) is 4.39 Å². The fourth-order valence-electron chi connectivity index (χ4n) is 2.87. The zero-order valence-corrected chi connectivity index (χ0v) is 13.8. The topological polar surface area (TPSA) is 91.4 Å². The second kappa shape index (κ2) is 7.10. The van der Waals surface area contributed by atoms with Crippen LogP contribution in [0.2, 0.25) is 0 Å². The van der Waals surface area contributed by atoms with E-state index in [0.717, 1.165) is 31.1 Å². The smallest absolute Gasteiger partial charge is 0.270 e. The molecule has 0 aliphatic carbocycles. The van der Waals surface area contributed by atoms with Crippen LogP contribution in [0.15, 0.2) is 18.3 Å². The number of amides is 3. The van der Waals surface area contributed by atoms with E-state index in [4.69, 9.17) is 0 Å². The average molecular weight is 346 g/mol. The maximum atomic E-state index is 14.4. The number of imide groups is 1. The Morgan fingerprint density at radius 3 is 2.84 bits per heavy atom. The number of nitrogens with one attached hydrogen (secondary N) is 2. The van der Waals surface area contributed by atoms with Crippen LogP contribution in [-0.2, 0) is 9.59 Å². The van der Waals surface area contributed by atoms with Gasteiger partial charge in [-0.15, -0.1) is 0 Å². The van der Waals surface area contributed by atoms with Crippen molar-refractivity contribution >= 4 is 23.3 Å². The van der Waals surface area contributed by atoms with Gasteiger partial charge in [0.05, 0.1) is 0 Å². The zero-order valence-electron chi connectivity index (χ0n) is 13.8. The predicted octanol–water partition coefficient (Wildman–Crippen LogP) is 0.475. The molecule has 2 aliphatic rings. The van der Waals surface area contributed by atoms with Gasteiger partial charge >= 0.3 is 0 Å². The molecule has 1 aromatic heterocycles. The maximum Gasteiger partial charge on any atom is 0.270 e.